The largest absolute Gasteiger partial charge is 0.415 e. The Morgan fingerprint density at radius 2 is 1.81 bits per heavy atom. The topological polar surface area (TPSA) is 38.3 Å². The molecule has 0 fully saturated rings. The van der Waals surface area contributed by atoms with E-state index in [2.05, 4.69) is 39.2 Å². The lowest BCUT2D eigenvalue weighted by molar-refractivity contribution is -0.124. The van der Waals surface area contributed by atoms with Crippen LogP contribution in [-0.2, 0) is 9.22 Å². The van der Waals surface area contributed by atoms with Crippen molar-refractivity contribution < 1.29 is 9.22 Å². The first-order valence-corrected chi connectivity index (χ1v) is 8.90. The second kappa shape index (κ2) is 5.82. The zero-order valence-electron chi connectivity index (χ0n) is 11.8. The Kier molecular flexibility index (Phi) is 5.69. The maximum atomic E-state index is 11.3. The first-order valence-electron chi connectivity index (χ1n) is 5.99. The third-order valence-corrected chi connectivity index (χ3v) is 7.73. The summed E-state index contributed by atoms with van der Waals surface area (Å²) in [4.78, 5) is 11.3. The Morgan fingerprint density at radius 3 is 2.19 bits per heavy atom. The van der Waals surface area contributed by atoms with Gasteiger partial charge in [-0.15, -0.1) is 0 Å². The Labute approximate surface area is 101 Å². The van der Waals surface area contributed by atoms with Crippen LogP contribution in [0.25, 0.3) is 0 Å². The zero-order valence-corrected chi connectivity index (χ0v) is 12.8. The van der Waals surface area contributed by atoms with Crippen molar-refractivity contribution in [3.63, 3.8) is 0 Å². The molecular formula is C12H27NO2Si. The number of hydrogen-bond acceptors (Lipinski definition) is 2. The maximum absolute atomic E-state index is 11.3. The normalized spacial score (nSPS) is 13.0. The van der Waals surface area contributed by atoms with Crippen molar-refractivity contribution in [1.29, 1.82) is 0 Å². The molecule has 0 saturated heterocycles. The molecule has 0 aromatic heterocycles. The number of carbonyl (C=O) groups is 1. The van der Waals surface area contributed by atoms with Gasteiger partial charge in [0.05, 0.1) is 6.61 Å². The highest BCUT2D eigenvalue weighted by atomic mass is 28.4. The highest BCUT2D eigenvalue weighted by Gasteiger charge is 2.36. The second-order valence-electron chi connectivity index (χ2n) is 6.05. The fraction of sp³-hybridized carbons (Fsp3) is 0.917. The lowest BCUT2D eigenvalue weighted by Crippen LogP contribution is -2.43. The molecule has 0 spiro atoms. The van der Waals surface area contributed by atoms with Gasteiger partial charge in [-0.2, -0.15) is 0 Å². The number of hydrogen-bond donors (Lipinski definition) is 1. The molecule has 0 bridgehead atoms. The molecule has 16 heavy (non-hydrogen) atoms. The molecule has 0 atom stereocenters. The summed E-state index contributed by atoms with van der Waals surface area (Å²) in [7, 11) is -1.66. The third kappa shape index (κ3) is 5.12. The molecular weight excluding hydrogens is 218 g/mol. The molecule has 0 radical (unpaired) electrons. The molecule has 0 aliphatic carbocycles. The molecule has 4 heteroatoms. The van der Waals surface area contributed by atoms with E-state index in [-0.39, 0.29) is 16.9 Å². The first-order chi connectivity index (χ1) is 7.08. The minimum Gasteiger partial charge on any atom is -0.415 e. The summed E-state index contributed by atoms with van der Waals surface area (Å²) in [6.07, 6.45) is 0. The van der Waals surface area contributed by atoms with E-state index in [1.54, 1.807) is 0 Å². The van der Waals surface area contributed by atoms with Crippen molar-refractivity contribution in [3.8, 4) is 0 Å². The van der Waals surface area contributed by atoms with Gasteiger partial charge in [0.2, 0.25) is 5.91 Å². The van der Waals surface area contributed by atoms with Crippen molar-refractivity contribution in [3.05, 3.63) is 0 Å². The van der Waals surface area contributed by atoms with Gasteiger partial charge in [0.25, 0.3) is 0 Å². The minimum absolute atomic E-state index is 0.0490. The van der Waals surface area contributed by atoms with Gasteiger partial charge in [0.1, 0.15) is 0 Å². The lowest BCUT2D eigenvalue weighted by Gasteiger charge is -2.36. The van der Waals surface area contributed by atoms with Crippen LogP contribution in [0.4, 0.5) is 0 Å². The number of carbonyl (C=O) groups excluding carboxylic acids is 1. The van der Waals surface area contributed by atoms with E-state index in [0.29, 0.717) is 13.2 Å². The molecule has 1 N–H and O–H groups in total. The van der Waals surface area contributed by atoms with Gasteiger partial charge >= 0.3 is 0 Å². The molecule has 0 saturated carbocycles. The van der Waals surface area contributed by atoms with Crippen LogP contribution in [-0.4, -0.2) is 27.4 Å². The number of amides is 1. The summed E-state index contributed by atoms with van der Waals surface area (Å²) in [5.41, 5.74) is 0. The second-order valence-corrected chi connectivity index (χ2v) is 10.9. The van der Waals surface area contributed by atoms with Crippen LogP contribution >= 0.6 is 0 Å². The van der Waals surface area contributed by atoms with Gasteiger partial charge < -0.3 is 9.74 Å². The van der Waals surface area contributed by atoms with E-state index in [0.717, 1.165) is 0 Å². The average molecular weight is 245 g/mol. The molecule has 3 nitrogen and oxygen atoms in total. The molecule has 0 aromatic rings. The predicted octanol–water partition coefficient (Wildman–Crippen LogP) is 2.78. The van der Waals surface area contributed by atoms with E-state index in [1.165, 1.54) is 0 Å². The third-order valence-electron chi connectivity index (χ3n) is 3.19. The van der Waals surface area contributed by atoms with Crippen molar-refractivity contribution in [1.82, 2.24) is 5.32 Å². The van der Waals surface area contributed by atoms with E-state index < -0.39 is 8.32 Å². The Hall–Kier alpha value is -0.353. The van der Waals surface area contributed by atoms with Gasteiger partial charge in [-0.25, -0.2) is 0 Å². The maximum Gasteiger partial charge on any atom is 0.222 e. The first kappa shape index (κ1) is 15.6. The van der Waals surface area contributed by atoms with Gasteiger partial charge in [-0.3, -0.25) is 4.79 Å². The van der Waals surface area contributed by atoms with Gasteiger partial charge in [-0.1, -0.05) is 34.6 Å². The molecule has 0 unspecified atom stereocenters. The Morgan fingerprint density at radius 1 is 1.31 bits per heavy atom. The van der Waals surface area contributed by atoms with Gasteiger partial charge in [-0.05, 0) is 18.1 Å². The smallest absolute Gasteiger partial charge is 0.222 e. The summed E-state index contributed by atoms with van der Waals surface area (Å²) in [5, 5.41) is 3.10. The molecule has 1 amide bonds. The highest BCUT2D eigenvalue weighted by Crippen LogP contribution is 2.36. The van der Waals surface area contributed by atoms with E-state index in [4.69, 9.17) is 4.43 Å². The van der Waals surface area contributed by atoms with Crippen molar-refractivity contribution >= 4 is 14.2 Å². The Bertz CT molecular complexity index is 232. The van der Waals surface area contributed by atoms with Gasteiger partial charge in [0, 0.05) is 12.5 Å². The number of rotatable bonds is 5. The predicted molar refractivity (Wildman–Crippen MR) is 71.0 cm³/mol. The van der Waals surface area contributed by atoms with E-state index >= 15 is 0 Å². The summed E-state index contributed by atoms with van der Waals surface area (Å²) < 4.78 is 5.95. The highest BCUT2D eigenvalue weighted by molar-refractivity contribution is 6.74. The van der Waals surface area contributed by atoms with Crippen LogP contribution in [0, 0.1) is 5.92 Å². The molecule has 0 heterocycles. The summed E-state index contributed by atoms with van der Waals surface area (Å²) >= 11 is 0. The summed E-state index contributed by atoms with van der Waals surface area (Å²) in [5.74, 6) is 0.145. The van der Waals surface area contributed by atoms with Crippen molar-refractivity contribution in [2.45, 2.75) is 52.8 Å². The monoisotopic (exact) mass is 245 g/mol. The summed E-state index contributed by atoms with van der Waals surface area (Å²) in [6, 6.07) is 0. The molecule has 0 aromatic carbocycles. The van der Waals surface area contributed by atoms with Crippen molar-refractivity contribution in [2.24, 2.45) is 5.92 Å². The zero-order chi connectivity index (χ0) is 13.0. The molecule has 96 valence electrons. The molecule has 0 rings (SSSR count). The van der Waals surface area contributed by atoms with Crippen LogP contribution < -0.4 is 5.32 Å². The van der Waals surface area contributed by atoms with Crippen LogP contribution in [0.1, 0.15) is 34.6 Å². The van der Waals surface area contributed by atoms with Crippen LogP contribution in [0.3, 0.4) is 0 Å². The number of nitrogens with one attached hydrogen (secondary N) is 1. The lowest BCUT2D eigenvalue weighted by atomic mass is 10.2. The van der Waals surface area contributed by atoms with Gasteiger partial charge in [0.15, 0.2) is 8.32 Å². The molecule has 0 aliphatic rings. The average Bonchev–Trinajstić information content (AvgIpc) is 2.09. The molecule has 0 aliphatic heterocycles. The fourth-order valence-corrected chi connectivity index (χ4v) is 1.95. The van der Waals surface area contributed by atoms with Crippen LogP contribution in [0.15, 0.2) is 0 Å². The standard InChI is InChI=1S/C12H27NO2Si/c1-10(2)11(14)13-8-9-15-16(6,7)12(3,4)5/h10H,8-9H2,1-7H3,(H,13,14). The van der Waals surface area contributed by atoms with Crippen LogP contribution in [0.5, 0.6) is 0 Å². The van der Waals surface area contributed by atoms with E-state index in [1.807, 2.05) is 13.8 Å². The quantitative estimate of drug-likeness (QED) is 0.597. The van der Waals surface area contributed by atoms with E-state index in [9.17, 15) is 4.79 Å². The van der Waals surface area contributed by atoms with Crippen LogP contribution in [0.2, 0.25) is 18.1 Å². The van der Waals surface area contributed by atoms with Crippen molar-refractivity contribution in [2.75, 3.05) is 13.2 Å². The Balaban J connectivity index is 3.88. The SMILES string of the molecule is CC(C)C(=O)NCCO[Si](C)(C)C(C)(C)C. The fourth-order valence-electron chi connectivity index (χ4n) is 0.901. The minimum atomic E-state index is -1.66. The summed E-state index contributed by atoms with van der Waals surface area (Å²) in [6.45, 7) is 16.1.